The van der Waals surface area contributed by atoms with Gasteiger partial charge >= 0.3 is 0 Å². The van der Waals surface area contributed by atoms with Crippen molar-refractivity contribution in [3.05, 3.63) is 59.7 Å². The van der Waals surface area contributed by atoms with Crippen LogP contribution < -0.4 is 10.4 Å². The van der Waals surface area contributed by atoms with Crippen LogP contribution in [0.3, 0.4) is 0 Å². The number of piperidine rings is 1. The Morgan fingerprint density at radius 1 is 1.48 bits per heavy atom. The molecule has 0 saturated carbocycles. The molecule has 0 aromatic heterocycles. The van der Waals surface area contributed by atoms with Gasteiger partial charge in [-0.05, 0) is 43.9 Å². The molecule has 0 aliphatic carbocycles. The summed E-state index contributed by atoms with van der Waals surface area (Å²) in [6, 6.07) is 8.33. The second-order valence-corrected chi connectivity index (χ2v) is 6.40. The molecule has 1 fully saturated rings. The van der Waals surface area contributed by atoms with E-state index in [1.54, 1.807) is 7.05 Å². The van der Waals surface area contributed by atoms with Crippen LogP contribution in [0.1, 0.15) is 38.7 Å². The Hall–Kier alpha value is -2.04. The lowest BCUT2D eigenvalue weighted by Crippen LogP contribution is -2.38. The molecular weight excluding hydrogens is 312 g/mol. The zero-order chi connectivity index (χ0) is 18.2. The normalized spacial score (nSPS) is 19.4. The van der Waals surface area contributed by atoms with Crippen molar-refractivity contribution in [3.63, 3.8) is 0 Å². The number of benzene rings is 1. The molecule has 1 aliphatic heterocycles. The van der Waals surface area contributed by atoms with Gasteiger partial charge in [0.1, 0.15) is 0 Å². The van der Waals surface area contributed by atoms with E-state index in [0.29, 0.717) is 6.54 Å². The average molecular weight is 342 g/mol. The molecule has 1 aromatic rings. The second kappa shape index (κ2) is 9.44. The molecule has 0 radical (unpaired) electrons. The Balaban J connectivity index is 2.41. The third-order valence-electron chi connectivity index (χ3n) is 4.47. The number of aliphatic hydroxyl groups excluding tert-OH is 1. The van der Waals surface area contributed by atoms with Crippen molar-refractivity contribution in [1.82, 2.24) is 5.48 Å². The molecule has 2 rings (SSSR count). The van der Waals surface area contributed by atoms with E-state index in [1.807, 2.05) is 19.1 Å². The lowest BCUT2D eigenvalue weighted by molar-refractivity contribution is 0.154. The maximum absolute atomic E-state index is 9.95. The van der Waals surface area contributed by atoms with Crippen LogP contribution in [0.2, 0.25) is 0 Å². The largest absolute Gasteiger partial charge is 0.408 e. The summed E-state index contributed by atoms with van der Waals surface area (Å²) in [7, 11) is 1.77. The van der Waals surface area contributed by atoms with Gasteiger partial charge in [-0.25, -0.2) is 0 Å². The third kappa shape index (κ3) is 5.21. The lowest BCUT2D eigenvalue weighted by atomic mass is 10.0. The smallest absolute Gasteiger partial charge is 0.157 e. The lowest BCUT2D eigenvalue weighted by Gasteiger charge is -2.32. The van der Waals surface area contributed by atoms with Crippen molar-refractivity contribution >= 4 is 11.4 Å². The fraction of sp³-hybridized carbons (Fsp3) is 0.429. The number of hydroxylamine groups is 1. The molecule has 4 nitrogen and oxygen atoms in total. The van der Waals surface area contributed by atoms with Gasteiger partial charge in [0.05, 0.1) is 6.10 Å². The SMILES string of the molecule is C=C/C(C)=C\C(CC)=C(\ONC)c1cccc(N2CCCC(O)C2)c1. The maximum Gasteiger partial charge on any atom is 0.157 e. The molecular formula is C21H30N2O2. The Morgan fingerprint density at radius 2 is 2.28 bits per heavy atom. The van der Waals surface area contributed by atoms with Gasteiger partial charge in [-0.3, -0.25) is 0 Å². The maximum atomic E-state index is 9.95. The molecule has 0 bridgehead atoms. The summed E-state index contributed by atoms with van der Waals surface area (Å²) in [5.74, 6) is 0.825. The van der Waals surface area contributed by atoms with E-state index in [0.717, 1.165) is 54.0 Å². The highest BCUT2D eigenvalue weighted by molar-refractivity contribution is 5.69. The van der Waals surface area contributed by atoms with Gasteiger partial charge in [0.2, 0.25) is 0 Å². The van der Waals surface area contributed by atoms with Gasteiger partial charge in [-0.1, -0.05) is 43.4 Å². The van der Waals surface area contributed by atoms with Crippen LogP contribution >= 0.6 is 0 Å². The van der Waals surface area contributed by atoms with Crippen molar-refractivity contribution in [3.8, 4) is 0 Å². The summed E-state index contributed by atoms with van der Waals surface area (Å²) in [4.78, 5) is 8.01. The molecule has 1 saturated heterocycles. The topological polar surface area (TPSA) is 44.7 Å². The first kappa shape index (κ1) is 19.3. The van der Waals surface area contributed by atoms with Crippen molar-refractivity contribution < 1.29 is 9.94 Å². The summed E-state index contributed by atoms with van der Waals surface area (Å²) < 4.78 is 0. The molecule has 1 unspecified atom stereocenters. The highest BCUT2D eigenvalue weighted by Gasteiger charge is 2.19. The Bertz CT molecular complexity index is 649. The van der Waals surface area contributed by atoms with Crippen molar-refractivity contribution in [2.24, 2.45) is 0 Å². The second-order valence-electron chi connectivity index (χ2n) is 6.40. The molecule has 25 heavy (non-hydrogen) atoms. The van der Waals surface area contributed by atoms with Crippen LogP contribution in [-0.4, -0.2) is 31.3 Å². The van der Waals surface area contributed by atoms with Crippen LogP contribution in [0.4, 0.5) is 5.69 Å². The number of β-amino-alcohol motifs (C(OH)–C–C–N with tert-alkyl or cyclic N) is 1. The molecule has 1 heterocycles. The Morgan fingerprint density at radius 3 is 2.92 bits per heavy atom. The molecule has 2 N–H and O–H groups in total. The molecule has 1 aliphatic rings. The number of hydrogen-bond acceptors (Lipinski definition) is 4. The average Bonchev–Trinajstić information content (AvgIpc) is 2.64. The molecule has 136 valence electrons. The van der Waals surface area contributed by atoms with Crippen LogP contribution in [-0.2, 0) is 4.84 Å². The van der Waals surface area contributed by atoms with Gasteiger partial charge < -0.3 is 14.8 Å². The standard InChI is InChI=1S/C21H30N2O2/c1-5-16(3)13-17(6-2)21(25-22-4)18-9-7-10-19(14-18)23-12-8-11-20(24)15-23/h5,7,9-10,13-14,20,22,24H,1,6,8,11-12,15H2,2-4H3/b16-13-,21-17+. The summed E-state index contributed by atoms with van der Waals surface area (Å²) in [5, 5.41) is 9.95. The van der Waals surface area contributed by atoms with Gasteiger partial charge in [-0.15, -0.1) is 0 Å². The summed E-state index contributed by atoms with van der Waals surface area (Å²) >= 11 is 0. The van der Waals surface area contributed by atoms with E-state index >= 15 is 0 Å². The Labute approximate surface area is 151 Å². The fourth-order valence-electron chi connectivity index (χ4n) is 3.11. The number of aliphatic hydroxyl groups is 1. The third-order valence-corrected chi connectivity index (χ3v) is 4.47. The number of rotatable bonds is 7. The van der Waals surface area contributed by atoms with E-state index in [-0.39, 0.29) is 6.10 Å². The van der Waals surface area contributed by atoms with E-state index in [4.69, 9.17) is 4.84 Å². The van der Waals surface area contributed by atoms with Gasteiger partial charge in [0.15, 0.2) is 5.76 Å². The number of hydrogen-bond donors (Lipinski definition) is 2. The van der Waals surface area contributed by atoms with Crippen molar-refractivity contribution in [2.45, 2.75) is 39.2 Å². The number of anilines is 1. The quantitative estimate of drug-likeness (QED) is 0.446. The predicted molar refractivity (Wildman–Crippen MR) is 105 cm³/mol. The van der Waals surface area contributed by atoms with Gasteiger partial charge in [0.25, 0.3) is 0 Å². The summed E-state index contributed by atoms with van der Waals surface area (Å²) in [6.45, 7) is 9.64. The minimum absolute atomic E-state index is 0.245. The van der Waals surface area contributed by atoms with Crippen LogP contribution in [0.25, 0.3) is 5.76 Å². The molecule has 0 spiro atoms. The minimum atomic E-state index is -0.245. The number of allylic oxidation sites excluding steroid dienone is 4. The molecule has 1 aromatic carbocycles. The number of nitrogens with zero attached hydrogens (tertiary/aromatic N) is 1. The molecule has 4 heteroatoms. The number of nitrogens with one attached hydrogen (secondary N) is 1. The first-order valence-electron chi connectivity index (χ1n) is 9.00. The highest BCUT2D eigenvalue weighted by Crippen LogP contribution is 2.28. The van der Waals surface area contributed by atoms with Crippen LogP contribution in [0.15, 0.2) is 54.1 Å². The highest BCUT2D eigenvalue weighted by atomic mass is 16.6. The van der Waals surface area contributed by atoms with Crippen LogP contribution in [0.5, 0.6) is 0 Å². The van der Waals surface area contributed by atoms with Gasteiger partial charge in [-0.2, -0.15) is 5.48 Å². The zero-order valence-electron chi connectivity index (χ0n) is 15.6. The van der Waals surface area contributed by atoms with E-state index in [9.17, 15) is 5.11 Å². The summed E-state index contributed by atoms with van der Waals surface area (Å²) in [6.07, 6.45) is 6.47. The van der Waals surface area contributed by atoms with Gasteiger partial charge in [0, 0.05) is 31.4 Å². The monoisotopic (exact) mass is 342 g/mol. The zero-order valence-corrected chi connectivity index (χ0v) is 15.6. The van der Waals surface area contributed by atoms with Crippen molar-refractivity contribution in [2.75, 3.05) is 25.0 Å². The molecule has 0 amide bonds. The minimum Gasteiger partial charge on any atom is -0.408 e. The molecule has 1 atom stereocenters. The van der Waals surface area contributed by atoms with E-state index in [1.165, 1.54) is 0 Å². The fourth-order valence-corrected chi connectivity index (χ4v) is 3.11. The van der Waals surface area contributed by atoms with E-state index < -0.39 is 0 Å². The Kier molecular flexibility index (Phi) is 7.29. The summed E-state index contributed by atoms with van der Waals surface area (Å²) in [5.41, 5.74) is 7.17. The first-order valence-corrected chi connectivity index (χ1v) is 9.00. The first-order chi connectivity index (χ1) is 12.1. The van der Waals surface area contributed by atoms with E-state index in [2.05, 4.69) is 48.2 Å². The van der Waals surface area contributed by atoms with Crippen LogP contribution in [0, 0.1) is 0 Å². The van der Waals surface area contributed by atoms with Crippen molar-refractivity contribution in [1.29, 1.82) is 0 Å². The predicted octanol–water partition coefficient (Wildman–Crippen LogP) is 4.05.